The first-order valence-electron chi connectivity index (χ1n) is 7.10. The van der Waals surface area contributed by atoms with Crippen LogP contribution >= 0.6 is 0 Å². The van der Waals surface area contributed by atoms with Crippen molar-refractivity contribution in [3.8, 4) is 0 Å². The fraction of sp³-hybridized carbons (Fsp3) is 1.00. The molecule has 2 fully saturated rings. The van der Waals surface area contributed by atoms with E-state index in [0.29, 0.717) is 32.2 Å². The molecule has 2 aliphatic rings. The van der Waals surface area contributed by atoms with E-state index in [2.05, 4.69) is 13.8 Å². The fourth-order valence-corrected chi connectivity index (χ4v) is 3.01. The monoisotopic (exact) mass is 242 g/mol. The van der Waals surface area contributed by atoms with Crippen LogP contribution in [-0.2, 0) is 14.2 Å². The van der Waals surface area contributed by atoms with Gasteiger partial charge in [-0.05, 0) is 50.9 Å². The van der Waals surface area contributed by atoms with Gasteiger partial charge in [-0.3, -0.25) is 0 Å². The third-order valence-corrected chi connectivity index (χ3v) is 4.24. The number of hydrogen-bond acceptors (Lipinski definition) is 3. The summed E-state index contributed by atoms with van der Waals surface area (Å²) in [4.78, 5) is 0. The van der Waals surface area contributed by atoms with Crippen molar-refractivity contribution >= 4 is 0 Å². The summed E-state index contributed by atoms with van der Waals surface area (Å²) in [6.07, 6.45) is 7.32. The molecule has 0 spiro atoms. The molecule has 2 rings (SSSR count). The van der Waals surface area contributed by atoms with Crippen molar-refractivity contribution in [2.45, 2.75) is 58.2 Å². The summed E-state index contributed by atoms with van der Waals surface area (Å²) in [5.74, 6) is 1.76. The summed E-state index contributed by atoms with van der Waals surface area (Å²) in [5.41, 5.74) is 0. The summed E-state index contributed by atoms with van der Waals surface area (Å²) < 4.78 is 16.8. The molecule has 0 N–H and O–H groups in total. The lowest BCUT2D eigenvalue weighted by Gasteiger charge is -2.21. The smallest absolute Gasteiger partial charge is 0.147 e. The maximum absolute atomic E-state index is 5.79. The van der Waals surface area contributed by atoms with Gasteiger partial charge in [0, 0.05) is 0 Å². The topological polar surface area (TPSA) is 27.7 Å². The average Bonchev–Trinajstić information content (AvgIpc) is 2.95. The van der Waals surface area contributed by atoms with Crippen LogP contribution in [0, 0.1) is 11.8 Å². The van der Waals surface area contributed by atoms with Crippen LogP contribution in [0.3, 0.4) is 0 Å². The molecule has 4 atom stereocenters. The minimum Gasteiger partial charge on any atom is -0.376 e. The summed E-state index contributed by atoms with van der Waals surface area (Å²) >= 11 is 0. The Labute approximate surface area is 105 Å². The lowest BCUT2D eigenvalue weighted by atomic mass is 9.98. The van der Waals surface area contributed by atoms with E-state index in [4.69, 9.17) is 14.2 Å². The van der Waals surface area contributed by atoms with Crippen LogP contribution in [0.1, 0.15) is 46.0 Å². The van der Waals surface area contributed by atoms with Crippen LogP contribution in [0.15, 0.2) is 0 Å². The molecule has 2 saturated carbocycles. The van der Waals surface area contributed by atoms with Crippen LogP contribution in [0.2, 0.25) is 0 Å². The molecule has 3 heteroatoms. The third-order valence-electron chi connectivity index (χ3n) is 4.24. The van der Waals surface area contributed by atoms with Crippen LogP contribution in [0.4, 0.5) is 0 Å². The van der Waals surface area contributed by atoms with E-state index in [-0.39, 0.29) is 0 Å². The highest BCUT2D eigenvalue weighted by Crippen LogP contribution is 2.45. The molecular formula is C14H26O3. The van der Waals surface area contributed by atoms with Crippen LogP contribution < -0.4 is 0 Å². The lowest BCUT2D eigenvalue weighted by Crippen LogP contribution is -2.22. The Bertz CT molecular complexity index is 220. The van der Waals surface area contributed by atoms with Crippen molar-refractivity contribution in [2.75, 3.05) is 20.0 Å². The summed E-state index contributed by atoms with van der Waals surface area (Å²) in [5, 5.41) is 0. The maximum Gasteiger partial charge on any atom is 0.147 e. The second-order valence-electron chi connectivity index (χ2n) is 5.50. The van der Waals surface area contributed by atoms with Gasteiger partial charge in [0.1, 0.15) is 6.79 Å². The van der Waals surface area contributed by atoms with Crippen molar-refractivity contribution in [3.63, 3.8) is 0 Å². The van der Waals surface area contributed by atoms with Gasteiger partial charge in [-0.15, -0.1) is 0 Å². The highest BCUT2D eigenvalue weighted by molar-refractivity contribution is 4.90. The van der Waals surface area contributed by atoms with Crippen LogP contribution in [0.5, 0.6) is 0 Å². The van der Waals surface area contributed by atoms with Crippen molar-refractivity contribution in [2.24, 2.45) is 11.8 Å². The first-order chi connectivity index (χ1) is 8.29. The quantitative estimate of drug-likeness (QED) is 0.484. The van der Waals surface area contributed by atoms with Gasteiger partial charge in [0.25, 0.3) is 0 Å². The van der Waals surface area contributed by atoms with E-state index in [1.54, 1.807) is 0 Å². The predicted molar refractivity (Wildman–Crippen MR) is 66.8 cm³/mol. The van der Waals surface area contributed by atoms with E-state index in [0.717, 1.165) is 18.3 Å². The Hall–Kier alpha value is -0.120. The Balaban J connectivity index is 1.44. The first kappa shape index (κ1) is 13.3. The molecule has 3 nitrogen and oxygen atoms in total. The molecule has 0 heterocycles. The zero-order valence-electron chi connectivity index (χ0n) is 11.2. The molecule has 2 aliphatic carbocycles. The van der Waals surface area contributed by atoms with E-state index >= 15 is 0 Å². The number of ether oxygens (including phenoxy) is 3. The lowest BCUT2D eigenvalue weighted by molar-refractivity contribution is -0.116. The normalized spacial score (nSPS) is 33.2. The molecule has 0 aromatic carbocycles. The molecule has 0 aliphatic heterocycles. The molecule has 0 amide bonds. The maximum atomic E-state index is 5.79. The minimum atomic E-state index is 0.338. The molecular weight excluding hydrogens is 216 g/mol. The van der Waals surface area contributed by atoms with Gasteiger partial charge in [-0.25, -0.2) is 0 Å². The Kier molecular flexibility index (Phi) is 5.26. The van der Waals surface area contributed by atoms with Gasteiger partial charge in [0.2, 0.25) is 0 Å². The number of fused-ring (bicyclic) bond motifs is 2. The van der Waals surface area contributed by atoms with Gasteiger partial charge in [-0.2, -0.15) is 0 Å². The average molecular weight is 242 g/mol. The summed E-state index contributed by atoms with van der Waals surface area (Å²) in [6, 6.07) is 0. The molecule has 2 bridgehead atoms. The Morgan fingerprint density at radius 1 is 1.18 bits per heavy atom. The molecule has 0 radical (unpaired) electrons. The predicted octanol–water partition coefficient (Wildman–Crippen LogP) is 2.98. The van der Waals surface area contributed by atoms with Gasteiger partial charge < -0.3 is 14.2 Å². The highest BCUT2D eigenvalue weighted by atomic mass is 16.7. The van der Waals surface area contributed by atoms with Crippen molar-refractivity contribution in [3.05, 3.63) is 0 Å². The summed E-state index contributed by atoms with van der Waals surface area (Å²) in [6.45, 7) is 5.98. The first-order valence-corrected chi connectivity index (χ1v) is 7.10. The molecule has 4 unspecified atom stereocenters. The van der Waals surface area contributed by atoms with Gasteiger partial charge in [0.15, 0.2) is 0 Å². The minimum absolute atomic E-state index is 0.338. The highest BCUT2D eigenvalue weighted by Gasteiger charge is 2.40. The van der Waals surface area contributed by atoms with E-state index in [1.807, 2.05) is 0 Å². The van der Waals surface area contributed by atoms with Gasteiger partial charge in [0.05, 0.1) is 25.4 Å². The van der Waals surface area contributed by atoms with Crippen molar-refractivity contribution < 1.29 is 14.2 Å². The molecule has 0 saturated heterocycles. The van der Waals surface area contributed by atoms with Crippen LogP contribution in [0.25, 0.3) is 0 Å². The fourth-order valence-electron chi connectivity index (χ4n) is 3.01. The molecule has 17 heavy (non-hydrogen) atoms. The summed E-state index contributed by atoms with van der Waals surface area (Å²) in [7, 11) is 0. The van der Waals surface area contributed by atoms with Gasteiger partial charge in [-0.1, -0.05) is 6.92 Å². The second-order valence-corrected chi connectivity index (χ2v) is 5.50. The Morgan fingerprint density at radius 2 is 2.06 bits per heavy atom. The Morgan fingerprint density at radius 3 is 2.71 bits per heavy atom. The zero-order valence-corrected chi connectivity index (χ0v) is 11.2. The van der Waals surface area contributed by atoms with Crippen LogP contribution in [-0.4, -0.2) is 32.2 Å². The molecule has 0 aromatic rings. The van der Waals surface area contributed by atoms with E-state index in [1.165, 1.54) is 25.7 Å². The zero-order chi connectivity index (χ0) is 12.1. The van der Waals surface area contributed by atoms with Crippen molar-refractivity contribution in [1.29, 1.82) is 0 Å². The number of hydrogen-bond donors (Lipinski definition) is 0. The molecule has 100 valence electrons. The standard InChI is InChI=1S/C14H26O3/c1-3-11(2)16-7-6-15-10-17-14-9-12-4-5-13(14)8-12/h11-14H,3-10H2,1-2H3. The number of rotatable bonds is 8. The van der Waals surface area contributed by atoms with E-state index in [9.17, 15) is 0 Å². The van der Waals surface area contributed by atoms with Gasteiger partial charge >= 0.3 is 0 Å². The van der Waals surface area contributed by atoms with E-state index < -0.39 is 0 Å². The molecule has 0 aromatic heterocycles. The second kappa shape index (κ2) is 6.72. The van der Waals surface area contributed by atoms with Crippen molar-refractivity contribution in [1.82, 2.24) is 0 Å². The SMILES string of the molecule is CCC(C)OCCOCOC1CC2CCC1C2. The largest absolute Gasteiger partial charge is 0.376 e. The third kappa shape index (κ3) is 3.94.